The van der Waals surface area contributed by atoms with Gasteiger partial charge in [0.1, 0.15) is 6.10 Å². The normalized spacial score (nSPS) is 27.8. The van der Waals surface area contributed by atoms with Crippen LogP contribution >= 0.6 is 0 Å². The number of hydrogen-bond donors (Lipinski definition) is 2. The summed E-state index contributed by atoms with van der Waals surface area (Å²) in [4.78, 5) is 12.3. The molecule has 3 unspecified atom stereocenters. The summed E-state index contributed by atoms with van der Waals surface area (Å²) < 4.78 is 6.07. The van der Waals surface area contributed by atoms with E-state index in [-0.39, 0.29) is 18.1 Å². The van der Waals surface area contributed by atoms with Gasteiger partial charge in [0.05, 0.1) is 6.10 Å². The molecule has 0 saturated heterocycles. The largest absolute Gasteiger partial charge is 0.365 e. The molecule has 1 heterocycles. The highest BCUT2D eigenvalue weighted by molar-refractivity contribution is 5.80. The first-order valence-corrected chi connectivity index (χ1v) is 8.50. The van der Waals surface area contributed by atoms with Crippen molar-refractivity contribution in [2.45, 2.75) is 64.6 Å². The molecule has 0 spiro atoms. The zero-order chi connectivity index (χ0) is 15.1. The Morgan fingerprint density at radius 3 is 3.05 bits per heavy atom. The fraction of sp³-hybridized carbons (Fsp3) is 0.824. The summed E-state index contributed by atoms with van der Waals surface area (Å²) in [6.07, 6.45) is 8.65. The van der Waals surface area contributed by atoms with Crippen LogP contribution in [-0.2, 0) is 9.53 Å². The Kier molecular flexibility index (Phi) is 6.71. The molecule has 1 saturated carbocycles. The van der Waals surface area contributed by atoms with Gasteiger partial charge in [0, 0.05) is 13.1 Å². The number of rotatable bonds is 6. The molecule has 4 nitrogen and oxygen atoms in total. The Hall–Kier alpha value is -0.870. The van der Waals surface area contributed by atoms with Gasteiger partial charge in [0.2, 0.25) is 5.91 Å². The van der Waals surface area contributed by atoms with Gasteiger partial charge < -0.3 is 15.4 Å². The third-order valence-corrected chi connectivity index (χ3v) is 4.56. The molecular weight excluding hydrogens is 264 g/mol. The summed E-state index contributed by atoms with van der Waals surface area (Å²) >= 11 is 0. The van der Waals surface area contributed by atoms with E-state index in [1.165, 1.54) is 18.4 Å². The Balaban J connectivity index is 1.76. The maximum absolute atomic E-state index is 12.3. The van der Waals surface area contributed by atoms with Crippen LogP contribution in [-0.4, -0.2) is 37.7 Å². The fourth-order valence-electron chi connectivity index (χ4n) is 3.22. The molecule has 1 amide bonds. The first-order chi connectivity index (χ1) is 10.2. The van der Waals surface area contributed by atoms with Crippen LogP contribution in [0.3, 0.4) is 0 Å². The van der Waals surface area contributed by atoms with Crippen molar-refractivity contribution < 1.29 is 9.53 Å². The first-order valence-electron chi connectivity index (χ1n) is 8.50. The van der Waals surface area contributed by atoms with Crippen LogP contribution in [0.1, 0.15) is 52.4 Å². The SMILES string of the molecule is CCC(OC1CCCC(C)C1)C(=O)NCC1=CCNCC1. The summed E-state index contributed by atoms with van der Waals surface area (Å²) in [6.45, 7) is 6.90. The molecule has 0 bridgehead atoms. The van der Waals surface area contributed by atoms with Crippen LogP contribution < -0.4 is 10.6 Å². The Morgan fingerprint density at radius 1 is 1.52 bits per heavy atom. The third-order valence-electron chi connectivity index (χ3n) is 4.56. The molecule has 2 rings (SSSR count). The molecule has 1 fully saturated rings. The average Bonchev–Trinajstić information content (AvgIpc) is 2.51. The molecule has 3 atom stereocenters. The molecule has 21 heavy (non-hydrogen) atoms. The standard InChI is InChI=1S/C17H30N2O2/c1-3-16(21-15-6-4-5-13(2)11-15)17(20)19-12-14-7-9-18-10-8-14/h7,13,15-16,18H,3-6,8-12H2,1-2H3,(H,19,20). The van der Waals surface area contributed by atoms with Gasteiger partial charge >= 0.3 is 0 Å². The maximum atomic E-state index is 12.3. The van der Waals surface area contributed by atoms with Gasteiger partial charge in [-0.15, -0.1) is 0 Å². The Morgan fingerprint density at radius 2 is 2.38 bits per heavy atom. The second-order valence-electron chi connectivity index (χ2n) is 6.46. The minimum atomic E-state index is -0.289. The van der Waals surface area contributed by atoms with Crippen molar-refractivity contribution in [3.63, 3.8) is 0 Å². The number of carbonyl (C=O) groups is 1. The Bertz CT molecular complexity index is 368. The van der Waals surface area contributed by atoms with Gasteiger partial charge in [-0.05, 0) is 38.1 Å². The molecule has 0 aromatic carbocycles. The highest BCUT2D eigenvalue weighted by Crippen LogP contribution is 2.26. The quantitative estimate of drug-likeness (QED) is 0.740. The van der Waals surface area contributed by atoms with Crippen LogP contribution in [0.5, 0.6) is 0 Å². The monoisotopic (exact) mass is 294 g/mol. The van der Waals surface area contributed by atoms with Crippen LogP contribution in [0.2, 0.25) is 0 Å². The molecule has 1 aliphatic heterocycles. The van der Waals surface area contributed by atoms with Crippen molar-refractivity contribution in [3.05, 3.63) is 11.6 Å². The van der Waals surface area contributed by atoms with E-state index in [4.69, 9.17) is 4.74 Å². The fourth-order valence-corrected chi connectivity index (χ4v) is 3.22. The number of hydrogen-bond acceptors (Lipinski definition) is 3. The minimum Gasteiger partial charge on any atom is -0.365 e. The lowest BCUT2D eigenvalue weighted by Gasteiger charge is -2.30. The molecule has 4 heteroatoms. The molecule has 2 aliphatic rings. The summed E-state index contributed by atoms with van der Waals surface area (Å²) in [5.41, 5.74) is 1.32. The van der Waals surface area contributed by atoms with Crippen LogP contribution in [0.25, 0.3) is 0 Å². The van der Waals surface area contributed by atoms with Crippen molar-refractivity contribution in [1.82, 2.24) is 10.6 Å². The van der Waals surface area contributed by atoms with Crippen LogP contribution in [0.15, 0.2) is 11.6 Å². The average molecular weight is 294 g/mol. The van der Waals surface area contributed by atoms with E-state index in [9.17, 15) is 4.79 Å². The molecular formula is C17H30N2O2. The molecule has 0 aromatic heterocycles. The molecule has 120 valence electrons. The van der Waals surface area contributed by atoms with Crippen LogP contribution in [0, 0.1) is 5.92 Å². The summed E-state index contributed by atoms with van der Waals surface area (Å²) in [6, 6.07) is 0. The lowest BCUT2D eigenvalue weighted by atomic mass is 9.88. The van der Waals surface area contributed by atoms with E-state index in [0.29, 0.717) is 6.54 Å². The number of nitrogens with one attached hydrogen (secondary N) is 2. The van der Waals surface area contributed by atoms with Gasteiger partial charge in [-0.2, -0.15) is 0 Å². The number of amides is 1. The third kappa shape index (κ3) is 5.44. The van der Waals surface area contributed by atoms with E-state index >= 15 is 0 Å². The van der Waals surface area contributed by atoms with Crippen molar-refractivity contribution >= 4 is 5.91 Å². The molecule has 0 radical (unpaired) electrons. The molecule has 1 aliphatic carbocycles. The summed E-state index contributed by atoms with van der Waals surface area (Å²) in [7, 11) is 0. The van der Waals surface area contributed by atoms with Gasteiger partial charge in [-0.3, -0.25) is 4.79 Å². The van der Waals surface area contributed by atoms with E-state index in [1.807, 2.05) is 6.92 Å². The van der Waals surface area contributed by atoms with E-state index < -0.39 is 0 Å². The zero-order valence-electron chi connectivity index (χ0n) is 13.5. The van der Waals surface area contributed by atoms with E-state index in [2.05, 4.69) is 23.6 Å². The highest BCUT2D eigenvalue weighted by Gasteiger charge is 2.25. The summed E-state index contributed by atoms with van der Waals surface area (Å²) in [5, 5.41) is 6.32. The second-order valence-corrected chi connectivity index (χ2v) is 6.46. The molecule has 2 N–H and O–H groups in total. The zero-order valence-corrected chi connectivity index (χ0v) is 13.5. The highest BCUT2D eigenvalue weighted by atomic mass is 16.5. The van der Waals surface area contributed by atoms with Crippen molar-refractivity contribution in [3.8, 4) is 0 Å². The number of ether oxygens (including phenoxy) is 1. The van der Waals surface area contributed by atoms with E-state index in [1.54, 1.807) is 0 Å². The van der Waals surface area contributed by atoms with Gasteiger partial charge in [-0.25, -0.2) is 0 Å². The summed E-state index contributed by atoms with van der Waals surface area (Å²) in [5.74, 6) is 0.777. The van der Waals surface area contributed by atoms with E-state index in [0.717, 1.165) is 44.7 Å². The van der Waals surface area contributed by atoms with Crippen molar-refractivity contribution in [2.75, 3.05) is 19.6 Å². The smallest absolute Gasteiger partial charge is 0.249 e. The van der Waals surface area contributed by atoms with Crippen molar-refractivity contribution in [1.29, 1.82) is 0 Å². The minimum absolute atomic E-state index is 0.0511. The Labute approximate surface area is 128 Å². The van der Waals surface area contributed by atoms with Crippen molar-refractivity contribution in [2.24, 2.45) is 5.92 Å². The van der Waals surface area contributed by atoms with Gasteiger partial charge in [0.25, 0.3) is 0 Å². The predicted molar refractivity (Wildman–Crippen MR) is 85.2 cm³/mol. The number of carbonyl (C=O) groups excluding carboxylic acids is 1. The maximum Gasteiger partial charge on any atom is 0.249 e. The molecule has 0 aromatic rings. The van der Waals surface area contributed by atoms with Gasteiger partial charge in [-0.1, -0.05) is 38.3 Å². The van der Waals surface area contributed by atoms with Crippen LogP contribution in [0.4, 0.5) is 0 Å². The lowest BCUT2D eigenvalue weighted by Crippen LogP contribution is -2.40. The predicted octanol–water partition coefficient (Wildman–Crippen LogP) is 2.40. The second kappa shape index (κ2) is 8.54. The first kappa shape index (κ1) is 16.5. The lowest BCUT2D eigenvalue weighted by molar-refractivity contribution is -0.138. The topological polar surface area (TPSA) is 50.4 Å². The van der Waals surface area contributed by atoms with Gasteiger partial charge in [0.15, 0.2) is 0 Å².